The van der Waals surface area contributed by atoms with Gasteiger partial charge in [-0.15, -0.1) is 0 Å². The zero-order valence-electron chi connectivity index (χ0n) is 9.36. The van der Waals surface area contributed by atoms with Crippen LogP contribution in [0.1, 0.15) is 15.9 Å². The van der Waals surface area contributed by atoms with Gasteiger partial charge in [-0.1, -0.05) is 12.1 Å². The summed E-state index contributed by atoms with van der Waals surface area (Å²) in [5.74, 6) is -0.499. The fourth-order valence-corrected chi connectivity index (χ4v) is 1.63. The van der Waals surface area contributed by atoms with Crippen LogP contribution in [-0.4, -0.2) is 10.9 Å². The van der Waals surface area contributed by atoms with E-state index >= 15 is 0 Å². The molecule has 18 heavy (non-hydrogen) atoms. The Morgan fingerprint density at radius 2 is 1.94 bits per heavy atom. The van der Waals surface area contributed by atoms with Crippen LogP contribution in [0, 0.1) is 5.82 Å². The van der Waals surface area contributed by atoms with Gasteiger partial charge in [0.1, 0.15) is 10.4 Å². The van der Waals surface area contributed by atoms with Crippen LogP contribution in [0.5, 0.6) is 0 Å². The molecule has 0 spiro atoms. The van der Waals surface area contributed by atoms with Crippen LogP contribution in [0.15, 0.2) is 47.2 Å². The molecule has 0 radical (unpaired) electrons. The zero-order chi connectivity index (χ0) is 13.0. The SMILES string of the molecule is O=C(NCc1ccc(F)cc1)c1ccc(Br)nc1. The van der Waals surface area contributed by atoms with Gasteiger partial charge in [-0.3, -0.25) is 4.79 Å². The minimum Gasteiger partial charge on any atom is -0.348 e. The first-order chi connectivity index (χ1) is 8.65. The van der Waals surface area contributed by atoms with Crippen LogP contribution in [0.25, 0.3) is 0 Å². The molecule has 0 bridgehead atoms. The third kappa shape index (κ3) is 3.37. The normalized spacial score (nSPS) is 10.1. The molecule has 0 unspecified atom stereocenters. The molecule has 1 aromatic heterocycles. The van der Waals surface area contributed by atoms with Gasteiger partial charge in [0.15, 0.2) is 0 Å². The topological polar surface area (TPSA) is 42.0 Å². The maximum atomic E-state index is 12.7. The number of hydrogen-bond donors (Lipinski definition) is 1. The van der Waals surface area contributed by atoms with E-state index in [0.29, 0.717) is 16.7 Å². The van der Waals surface area contributed by atoms with E-state index in [0.717, 1.165) is 5.56 Å². The van der Waals surface area contributed by atoms with E-state index in [1.54, 1.807) is 24.3 Å². The summed E-state index contributed by atoms with van der Waals surface area (Å²) in [6, 6.07) is 9.38. The largest absolute Gasteiger partial charge is 0.348 e. The molecule has 5 heteroatoms. The van der Waals surface area contributed by atoms with Crippen molar-refractivity contribution in [3.8, 4) is 0 Å². The predicted molar refractivity (Wildman–Crippen MR) is 69.5 cm³/mol. The first kappa shape index (κ1) is 12.7. The lowest BCUT2D eigenvalue weighted by Crippen LogP contribution is -2.22. The summed E-state index contributed by atoms with van der Waals surface area (Å²) in [6.07, 6.45) is 1.49. The summed E-state index contributed by atoms with van der Waals surface area (Å²) < 4.78 is 13.4. The number of carbonyl (C=O) groups is 1. The van der Waals surface area contributed by atoms with Crippen molar-refractivity contribution in [3.05, 3.63) is 64.1 Å². The molecule has 0 aliphatic heterocycles. The van der Waals surface area contributed by atoms with Crippen molar-refractivity contribution in [2.24, 2.45) is 0 Å². The second-order valence-electron chi connectivity index (χ2n) is 3.68. The van der Waals surface area contributed by atoms with Crippen LogP contribution in [-0.2, 0) is 6.54 Å². The number of carbonyl (C=O) groups excluding carboxylic acids is 1. The third-order valence-electron chi connectivity index (χ3n) is 2.36. The molecule has 1 amide bonds. The number of rotatable bonds is 3. The highest BCUT2D eigenvalue weighted by Gasteiger charge is 2.05. The molecule has 2 aromatic rings. The maximum Gasteiger partial charge on any atom is 0.253 e. The Morgan fingerprint density at radius 3 is 2.56 bits per heavy atom. The van der Waals surface area contributed by atoms with Gasteiger partial charge < -0.3 is 5.32 Å². The Kier molecular flexibility index (Phi) is 4.04. The third-order valence-corrected chi connectivity index (χ3v) is 2.82. The van der Waals surface area contributed by atoms with Crippen molar-refractivity contribution in [1.29, 1.82) is 0 Å². The van der Waals surface area contributed by atoms with Gasteiger partial charge in [0, 0.05) is 12.7 Å². The van der Waals surface area contributed by atoms with Crippen LogP contribution in [0.3, 0.4) is 0 Å². The van der Waals surface area contributed by atoms with E-state index in [-0.39, 0.29) is 11.7 Å². The summed E-state index contributed by atoms with van der Waals surface area (Å²) in [5.41, 5.74) is 1.33. The van der Waals surface area contributed by atoms with E-state index < -0.39 is 0 Å². The van der Waals surface area contributed by atoms with Gasteiger partial charge in [-0.2, -0.15) is 0 Å². The van der Waals surface area contributed by atoms with E-state index in [1.807, 2.05) is 0 Å². The molecule has 2 rings (SSSR count). The molecule has 0 aliphatic rings. The smallest absolute Gasteiger partial charge is 0.253 e. The monoisotopic (exact) mass is 308 g/mol. The molecule has 0 fully saturated rings. The predicted octanol–water partition coefficient (Wildman–Crippen LogP) is 2.91. The highest BCUT2D eigenvalue weighted by atomic mass is 79.9. The molecule has 1 heterocycles. The molecule has 0 saturated heterocycles. The molecule has 0 atom stereocenters. The van der Waals surface area contributed by atoms with Crippen molar-refractivity contribution in [2.45, 2.75) is 6.54 Å². The Balaban J connectivity index is 1.96. The number of hydrogen-bond acceptors (Lipinski definition) is 2. The number of pyridine rings is 1. The molecule has 1 aromatic carbocycles. The second kappa shape index (κ2) is 5.73. The number of amides is 1. The van der Waals surface area contributed by atoms with Crippen LogP contribution in [0.4, 0.5) is 4.39 Å². The lowest BCUT2D eigenvalue weighted by molar-refractivity contribution is 0.0950. The minimum atomic E-state index is -0.290. The number of halogens is 2. The Morgan fingerprint density at radius 1 is 1.22 bits per heavy atom. The molecular formula is C13H10BrFN2O. The summed E-state index contributed by atoms with van der Waals surface area (Å²) >= 11 is 3.20. The fourth-order valence-electron chi connectivity index (χ4n) is 1.40. The molecule has 3 nitrogen and oxygen atoms in total. The summed E-state index contributed by atoms with van der Waals surface area (Å²) in [7, 11) is 0. The Hall–Kier alpha value is -1.75. The van der Waals surface area contributed by atoms with Gasteiger partial charge in [0.05, 0.1) is 5.56 Å². The quantitative estimate of drug-likeness (QED) is 0.886. The van der Waals surface area contributed by atoms with Gasteiger partial charge in [-0.05, 0) is 45.8 Å². The van der Waals surface area contributed by atoms with Crippen molar-refractivity contribution < 1.29 is 9.18 Å². The van der Waals surface area contributed by atoms with Crippen molar-refractivity contribution in [2.75, 3.05) is 0 Å². The molecular weight excluding hydrogens is 299 g/mol. The fraction of sp³-hybridized carbons (Fsp3) is 0.0769. The highest BCUT2D eigenvalue weighted by Crippen LogP contribution is 2.07. The summed E-state index contributed by atoms with van der Waals surface area (Å²) in [4.78, 5) is 15.7. The van der Waals surface area contributed by atoms with Gasteiger partial charge >= 0.3 is 0 Å². The van der Waals surface area contributed by atoms with Crippen LogP contribution >= 0.6 is 15.9 Å². The van der Waals surface area contributed by atoms with Crippen molar-refractivity contribution in [1.82, 2.24) is 10.3 Å². The lowest BCUT2D eigenvalue weighted by Gasteiger charge is -2.05. The highest BCUT2D eigenvalue weighted by molar-refractivity contribution is 9.10. The molecule has 1 N–H and O–H groups in total. The van der Waals surface area contributed by atoms with Crippen molar-refractivity contribution >= 4 is 21.8 Å². The number of nitrogens with zero attached hydrogens (tertiary/aromatic N) is 1. The maximum absolute atomic E-state index is 12.7. The number of benzene rings is 1. The van der Waals surface area contributed by atoms with Crippen LogP contribution < -0.4 is 5.32 Å². The number of nitrogens with one attached hydrogen (secondary N) is 1. The molecule has 0 saturated carbocycles. The van der Waals surface area contributed by atoms with E-state index in [2.05, 4.69) is 26.2 Å². The first-order valence-corrected chi connectivity index (χ1v) is 6.08. The van der Waals surface area contributed by atoms with Crippen molar-refractivity contribution in [3.63, 3.8) is 0 Å². The summed E-state index contributed by atoms with van der Waals surface area (Å²) in [6.45, 7) is 0.356. The number of aromatic nitrogens is 1. The zero-order valence-corrected chi connectivity index (χ0v) is 10.9. The summed E-state index contributed by atoms with van der Waals surface area (Å²) in [5, 5.41) is 2.74. The average molecular weight is 309 g/mol. The molecule has 0 aliphatic carbocycles. The standard InChI is InChI=1S/C13H10BrFN2O/c14-12-6-3-10(8-16-12)13(18)17-7-9-1-4-11(15)5-2-9/h1-6,8H,7H2,(H,17,18). The van der Waals surface area contributed by atoms with Gasteiger partial charge in [0.25, 0.3) is 5.91 Å². The van der Waals surface area contributed by atoms with Gasteiger partial charge in [0.2, 0.25) is 0 Å². The Bertz CT molecular complexity index is 540. The Labute approximate surface area is 112 Å². The van der Waals surface area contributed by atoms with E-state index in [1.165, 1.54) is 18.3 Å². The first-order valence-electron chi connectivity index (χ1n) is 5.29. The minimum absolute atomic E-state index is 0.209. The molecule has 92 valence electrons. The van der Waals surface area contributed by atoms with Gasteiger partial charge in [-0.25, -0.2) is 9.37 Å². The van der Waals surface area contributed by atoms with Crippen LogP contribution in [0.2, 0.25) is 0 Å². The average Bonchev–Trinajstić information content (AvgIpc) is 2.38. The van der Waals surface area contributed by atoms with E-state index in [4.69, 9.17) is 0 Å². The van der Waals surface area contributed by atoms with E-state index in [9.17, 15) is 9.18 Å². The lowest BCUT2D eigenvalue weighted by atomic mass is 10.2. The second-order valence-corrected chi connectivity index (χ2v) is 4.49.